The molecule has 1 atom stereocenters. The largest absolute Gasteiger partial charge is 0.492 e. The van der Waals surface area contributed by atoms with Crippen LogP contribution in [0.25, 0.3) is 5.65 Å². The zero-order chi connectivity index (χ0) is 33.6. The summed E-state index contributed by atoms with van der Waals surface area (Å²) in [6.07, 6.45) is -0.885. The SMILES string of the molecule is Cc1cc(C(F)(F)F)n2nc(C(=O)N3CCCCNC(=O)[C@H](Cc4cnc[nH]4)NC(=O)c4cccc(c4)OCCNC(=O)C3)cc2n1. The number of halogens is 3. The molecule has 5 rings (SSSR count). The fraction of sp³-hybridized carbons (Fsp3) is 0.367. The van der Waals surface area contributed by atoms with Gasteiger partial charge in [0, 0.05) is 48.7 Å². The molecule has 0 unspecified atom stereocenters. The number of carbonyl (C=O) groups is 4. The average molecular weight is 656 g/mol. The average Bonchev–Trinajstić information content (AvgIpc) is 3.70. The van der Waals surface area contributed by atoms with Crippen LogP contribution in [0.2, 0.25) is 0 Å². The summed E-state index contributed by atoms with van der Waals surface area (Å²) in [6.45, 7) is 1.31. The van der Waals surface area contributed by atoms with E-state index in [2.05, 4.69) is 36.0 Å². The van der Waals surface area contributed by atoms with E-state index in [0.29, 0.717) is 28.8 Å². The van der Waals surface area contributed by atoms with E-state index in [-0.39, 0.29) is 55.3 Å². The molecule has 4 aromatic rings. The second kappa shape index (κ2) is 14.3. The summed E-state index contributed by atoms with van der Waals surface area (Å²) in [4.78, 5) is 64.7. The van der Waals surface area contributed by atoms with E-state index in [9.17, 15) is 32.3 Å². The number of carbonyl (C=O) groups excluding carboxylic acids is 4. The maximum Gasteiger partial charge on any atom is 0.433 e. The van der Waals surface area contributed by atoms with Crippen molar-refractivity contribution in [3.05, 3.63) is 77.3 Å². The molecule has 1 aliphatic rings. The lowest BCUT2D eigenvalue weighted by Crippen LogP contribution is -2.48. The zero-order valence-corrected chi connectivity index (χ0v) is 25.3. The minimum Gasteiger partial charge on any atom is -0.492 e. The van der Waals surface area contributed by atoms with Crippen molar-refractivity contribution in [2.45, 2.75) is 38.4 Å². The Labute approximate surface area is 266 Å². The highest BCUT2D eigenvalue weighted by Gasteiger charge is 2.35. The monoisotopic (exact) mass is 655 g/mol. The second-order valence-corrected chi connectivity index (χ2v) is 10.8. The molecule has 0 aliphatic carbocycles. The van der Waals surface area contributed by atoms with Crippen molar-refractivity contribution in [2.24, 2.45) is 0 Å². The Bertz CT molecular complexity index is 1760. The highest BCUT2D eigenvalue weighted by Crippen LogP contribution is 2.30. The number of amides is 4. The van der Waals surface area contributed by atoms with Crippen molar-refractivity contribution < 1.29 is 37.1 Å². The quantitative estimate of drug-likeness (QED) is 0.258. The van der Waals surface area contributed by atoms with Crippen LogP contribution in [0, 0.1) is 6.92 Å². The summed E-state index contributed by atoms with van der Waals surface area (Å²) in [6, 6.07) is 7.37. The van der Waals surface area contributed by atoms with Crippen LogP contribution in [-0.4, -0.2) is 91.9 Å². The van der Waals surface area contributed by atoms with Crippen molar-refractivity contribution in [1.82, 2.24) is 45.4 Å². The number of imidazole rings is 1. The van der Waals surface area contributed by atoms with Crippen LogP contribution in [-0.2, 0) is 22.2 Å². The van der Waals surface area contributed by atoms with Crippen LogP contribution >= 0.6 is 0 Å². The Morgan fingerprint density at radius 3 is 2.68 bits per heavy atom. The van der Waals surface area contributed by atoms with Crippen LogP contribution < -0.4 is 20.7 Å². The standard InChI is InChI=1S/C30H32F3N9O5/c1-18-11-24(30(31,32)33)42-25(38-18)14-23(40-42)29(46)41-9-3-2-7-36-28(45)22(13-20-15-34-17-37-20)39-27(44)19-5-4-6-21(12-19)47-10-8-35-26(43)16-41/h4-6,11-12,14-15,17,22H,2-3,7-10,13,16H2,1H3,(H,34,37)(H,35,43)(H,36,45)(H,39,44)/t22-/m0/s1. The number of nitrogens with zero attached hydrogens (tertiary/aromatic N) is 5. The third kappa shape index (κ3) is 8.42. The molecule has 4 amide bonds. The molecule has 14 nitrogen and oxygen atoms in total. The number of H-pyrrole nitrogens is 1. The number of rotatable bonds is 3. The Balaban J connectivity index is 1.34. The minimum atomic E-state index is -4.74. The van der Waals surface area contributed by atoms with Crippen molar-refractivity contribution in [1.29, 1.82) is 0 Å². The number of hydrogen-bond donors (Lipinski definition) is 4. The van der Waals surface area contributed by atoms with Gasteiger partial charge in [-0.05, 0) is 44.0 Å². The molecule has 1 aliphatic heterocycles. The lowest BCUT2D eigenvalue weighted by Gasteiger charge is -2.21. The number of hydrogen-bond acceptors (Lipinski definition) is 8. The van der Waals surface area contributed by atoms with E-state index >= 15 is 0 Å². The molecule has 3 aromatic heterocycles. The Morgan fingerprint density at radius 2 is 1.91 bits per heavy atom. The maximum absolute atomic E-state index is 13.7. The van der Waals surface area contributed by atoms with Crippen LogP contribution in [0.4, 0.5) is 13.2 Å². The molecular formula is C30H32F3N9O5. The first-order valence-electron chi connectivity index (χ1n) is 14.8. The summed E-state index contributed by atoms with van der Waals surface area (Å²) in [5.41, 5.74) is -0.572. The van der Waals surface area contributed by atoms with Gasteiger partial charge in [-0.15, -0.1) is 0 Å². The van der Waals surface area contributed by atoms with Gasteiger partial charge in [-0.1, -0.05) is 6.07 Å². The van der Waals surface area contributed by atoms with Gasteiger partial charge in [0.15, 0.2) is 11.3 Å². The molecule has 4 heterocycles. The van der Waals surface area contributed by atoms with E-state index in [4.69, 9.17) is 4.74 Å². The molecule has 0 spiro atoms. The maximum atomic E-state index is 13.7. The van der Waals surface area contributed by atoms with E-state index < -0.39 is 48.1 Å². The van der Waals surface area contributed by atoms with Crippen molar-refractivity contribution in [3.63, 3.8) is 0 Å². The molecule has 0 saturated carbocycles. The van der Waals surface area contributed by atoms with Crippen LogP contribution in [0.3, 0.4) is 0 Å². The summed E-state index contributed by atoms with van der Waals surface area (Å²) in [5.74, 6) is -1.88. The Hall–Kier alpha value is -5.48. The van der Waals surface area contributed by atoms with Gasteiger partial charge in [0.1, 0.15) is 24.1 Å². The van der Waals surface area contributed by atoms with Crippen LogP contribution in [0.15, 0.2) is 48.9 Å². The van der Waals surface area contributed by atoms with E-state index in [1.165, 1.54) is 24.2 Å². The molecular weight excluding hydrogens is 623 g/mol. The molecule has 4 N–H and O–H groups in total. The number of nitrogens with one attached hydrogen (secondary N) is 4. The fourth-order valence-electron chi connectivity index (χ4n) is 4.97. The third-order valence-corrected chi connectivity index (χ3v) is 7.23. The zero-order valence-electron chi connectivity index (χ0n) is 25.3. The van der Waals surface area contributed by atoms with Gasteiger partial charge < -0.3 is 30.6 Å². The highest BCUT2D eigenvalue weighted by molar-refractivity contribution is 5.98. The van der Waals surface area contributed by atoms with Gasteiger partial charge in [0.2, 0.25) is 11.8 Å². The van der Waals surface area contributed by atoms with E-state index in [1.54, 1.807) is 24.4 Å². The molecule has 17 heteroatoms. The number of fused-ring (bicyclic) bond motifs is 3. The topological polar surface area (TPSA) is 176 Å². The molecule has 47 heavy (non-hydrogen) atoms. The van der Waals surface area contributed by atoms with Gasteiger partial charge >= 0.3 is 6.18 Å². The minimum absolute atomic E-state index is 0.0330. The van der Waals surface area contributed by atoms with Crippen molar-refractivity contribution >= 4 is 29.3 Å². The number of aromatic nitrogens is 5. The van der Waals surface area contributed by atoms with Gasteiger partial charge in [-0.25, -0.2) is 14.5 Å². The van der Waals surface area contributed by atoms with Crippen molar-refractivity contribution in [2.75, 3.05) is 32.8 Å². The summed E-state index contributed by atoms with van der Waals surface area (Å²) in [7, 11) is 0. The molecule has 0 radical (unpaired) electrons. The Kier molecular flexibility index (Phi) is 10.0. The number of aromatic amines is 1. The number of alkyl halides is 3. The second-order valence-electron chi connectivity index (χ2n) is 10.8. The molecule has 248 valence electrons. The molecule has 0 saturated heterocycles. The molecule has 0 fully saturated rings. The summed E-state index contributed by atoms with van der Waals surface area (Å²) < 4.78 is 47.3. The van der Waals surface area contributed by atoms with Gasteiger partial charge in [0.25, 0.3) is 11.8 Å². The summed E-state index contributed by atoms with van der Waals surface area (Å²) >= 11 is 0. The number of benzene rings is 1. The number of ether oxygens (including phenoxy) is 1. The van der Waals surface area contributed by atoms with E-state index in [0.717, 1.165) is 12.1 Å². The Morgan fingerprint density at radius 1 is 1.09 bits per heavy atom. The predicted molar refractivity (Wildman–Crippen MR) is 159 cm³/mol. The summed E-state index contributed by atoms with van der Waals surface area (Å²) in [5, 5.41) is 12.1. The first kappa shape index (κ1) is 32.9. The molecule has 2 bridgehead atoms. The van der Waals surface area contributed by atoms with Gasteiger partial charge in [-0.3, -0.25) is 19.2 Å². The van der Waals surface area contributed by atoms with Crippen LogP contribution in [0.1, 0.15) is 50.8 Å². The normalized spacial score (nSPS) is 17.5. The van der Waals surface area contributed by atoms with Crippen LogP contribution in [0.5, 0.6) is 5.75 Å². The highest BCUT2D eigenvalue weighted by atomic mass is 19.4. The lowest BCUT2D eigenvalue weighted by atomic mass is 10.1. The molecule has 1 aromatic carbocycles. The van der Waals surface area contributed by atoms with Gasteiger partial charge in [0.05, 0.1) is 19.4 Å². The lowest BCUT2D eigenvalue weighted by molar-refractivity contribution is -0.142. The predicted octanol–water partition coefficient (Wildman–Crippen LogP) is 1.67. The van der Waals surface area contributed by atoms with Crippen molar-refractivity contribution in [3.8, 4) is 5.75 Å². The first-order valence-corrected chi connectivity index (χ1v) is 14.8. The number of aryl methyl sites for hydroxylation is 1. The first-order chi connectivity index (χ1) is 22.5. The third-order valence-electron chi connectivity index (χ3n) is 7.23. The fourth-order valence-corrected chi connectivity index (χ4v) is 4.97. The van der Waals surface area contributed by atoms with E-state index in [1.807, 2.05) is 0 Å². The smallest absolute Gasteiger partial charge is 0.433 e. The van der Waals surface area contributed by atoms with Gasteiger partial charge in [-0.2, -0.15) is 18.3 Å².